The summed E-state index contributed by atoms with van der Waals surface area (Å²) < 4.78 is 48.8. The molecule has 9 heteroatoms. The molecule has 122 valence electrons. The van der Waals surface area contributed by atoms with Crippen molar-refractivity contribution in [2.45, 2.75) is 24.3 Å². The Labute approximate surface area is 127 Å². The number of methoxy groups -OCH3 is 2. The molecule has 1 N–H and O–H groups in total. The van der Waals surface area contributed by atoms with Gasteiger partial charge in [-0.15, -0.1) is 0 Å². The summed E-state index contributed by atoms with van der Waals surface area (Å²) in [7, 11) is -2.23. The molecule has 0 saturated heterocycles. The number of hydrogen-bond donors (Lipinski definition) is 1. The van der Waals surface area contributed by atoms with Gasteiger partial charge in [-0.25, -0.2) is 12.8 Å². The first-order chi connectivity index (χ1) is 10.2. The van der Waals surface area contributed by atoms with Crippen LogP contribution in [0.1, 0.15) is 12.0 Å². The monoisotopic (exact) mass is 333 g/mol. The number of esters is 2. The topological polar surface area (TPSA) is 98.8 Å². The highest BCUT2D eigenvalue weighted by Crippen LogP contribution is 2.16. The van der Waals surface area contributed by atoms with Gasteiger partial charge >= 0.3 is 11.9 Å². The number of ether oxygens (including phenoxy) is 2. The van der Waals surface area contributed by atoms with Crippen molar-refractivity contribution in [2.24, 2.45) is 0 Å². The zero-order valence-electron chi connectivity index (χ0n) is 12.3. The summed E-state index contributed by atoms with van der Waals surface area (Å²) in [6.45, 7) is 1.60. The SMILES string of the molecule is COC(=O)CC(NS(=O)(=O)c1ccc(C)cc1F)C(=O)OC. The van der Waals surface area contributed by atoms with Gasteiger partial charge < -0.3 is 9.47 Å². The summed E-state index contributed by atoms with van der Waals surface area (Å²) in [4.78, 5) is 22.2. The molecule has 0 aliphatic rings. The second-order valence-electron chi connectivity index (χ2n) is 4.41. The quantitative estimate of drug-likeness (QED) is 0.762. The van der Waals surface area contributed by atoms with E-state index in [1.54, 1.807) is 6.92 Å². The van der Waals surface area contributed by atoms with E-state index in [4.69, 9.17) is 0 Å². The lowest BCUT2D eigenvalue weighted by Gasteiger charge is -2.16. The van der Waals surface area contributed by atoms with Crippen LogP contribution >= 0.6 is 0 Å². The third-order valence-electron chi connectivity index (χ3n) is 2.76. The van der Waals surface area contributed by atoms with Gasteiger partial charge in [0.2, 0.25) is 10.0 Å². The first-order valence-electron chi connectivity index (χ1n) is 6.14. The van der Waals surface area contributed by atoms with E-state index in [1.165, 1.54) is 6.07 Å². The molecule has 0 amide bonds. The van der Waals surface area contributed by atoms with E-state index in [9.17, 15) is 22.4 Å². The molecule has 1 unspecified atom stereocenters. The fourth-order valence-electron chi connectivity index (χ4n) is 1.64. The summed E-state index contributed by atoms with van der Waals surface area (Å²) in [5.41, 5.74) is 0.538. The number of benzene rings is 1. The third kappa shape index (κ3) is 4.50. The highest BCUT2D eigenvalue weighted by molar-refractivity contribution is 7.89. The van der Waals surface area contributed by atoms with Gasteiger partial charge in [-0.3, -0.25) is 9.59 Å². The van der Waals surface area contributed by atoms with Crippen molar-refractivity contribution < 1.29 is 31.9 Å². The third-order valence-corrected chi connectivity index (χ3v) is 4.26. The maximum Gasteiger partial charge on any atom is 0.324 e. The molecule has 22 heavy (non-hydrogen) atoms. The second kappa shape index (κ2) is 7.32. The molecule has 1 rings (SSSR count). The van der Waals surface area contributed by atoms with E-state index >= 15 is 0 Å². The fourth-order valence-corrected chi connectivity index (χ4v) is 2.88. The molecule has 0 aliphatic carbocycles. The summed E-state index contributed by atoms with van der Waals surface area (Å²) in [6.07, 6.45) is -0.574. The number of aryl methyl sites for hydroxylation is 1. The molecule has 7 nitrogen and oxygen atoms in total. The van der Waals surface area contributed by atoms with Crippen LogP contribution in [-0.2, 0) is 29.1 Å². The number of carbonyl (C=O) groups excluding carboxylic acids is 2. The van der Waals surface area contributed by atoms with Gasteiger partial charge in [0.25, 0.3) is 0 Å². The van der Waals surface area contributed by atoms with Crippen molar-refractivity contribution >= 4 is 22.0 Å². The minimum Gasteiger partial charge on any atom is -0.469 e. The maximum absolute atomic E-state index is 13.8. The minimum atomic E-state index is -4.35. The van der Waals surface area contributed by atoms with Crippen molar-refractivity contribution in [1.29, 1.82) is 0 Å². The average Bonchev–Trinajstić information content (AvgIpc) is 2.44. The molecule has 0 fully saturated rings. The van der Waals surface area contributed by atoms with Gasteiger partial charge in [-0.2, -0.15) is 4.72 Å². The Bertz CT molecular complexity index is 673. The maximum atomic E-state index is 13.8. The lowest BCUT2D eigenvalue weighted by molar-refractivity contribution is -0.149. The standard InChI is InChI=1S/C13H16FNO6S/c1-8-4-5-11(9(14)6-8)22(18,19)15-10(13(17)21-3)7-12(16)20-2/h4-6,10,15H,7H2,1-3H3. The molecule has 0 aromatic heterocycles. The lowest BCUT2D eigenvalue weighted by Crippen LogP contribution is -2.43. The zero-order chi connectivity index (χ0) is 16.9. The molecule has 0 saturated carbocycles. The van der Waals surface area contributed by atoms with Crippen LogP contribution in [0.4, 0.5) is 4.39 Å². The molecule has 0 heterocycles. The fraction of sp³-hybridized carbons (Fsp3) is 0.385. The second-order valence-corrected chi connectivity index (χ2v) is 6.09. The van der Waals surface area contributed by atoms with Crippen LogP contribution in [0.25, 0.3) is 0 Å². The molecular formula is C13H16FNO6S. The molecule has 0 aliphatic heterocycles. The zero-order valence-corrected chi connectivity index (χ0v) is 13.1. The highest BCUT2D eigenvalue weighted by Gasteiger charge is 2.30. The molecule has 1 aromatic rings. The van der Waals surface area contributed by atoms with Crippen LogP contribution < -0.4 is 4.72 Å². The van der Waals surface area contributed by atoms with E-state index in [-0.39, 0.29) is 0 Å². The molecule has 0 bridgehead atoms. The van der Waals surface area contributed by atoms with Gasteiger partial charge in [-0.05, 0) is 24.6 Å². The summed E-state index contributed by atoms with van der Waals surface area (Å²) >= 11 is 0. The number of halogens is 1. The number of nitrogens with one attached hydrogen (secondary N) is 1. The lowest BCUT2D eigenvalue weighted by atomic mass is 10.2. The highest BCUT2D eigenvalue weighted by atomic mass is 32.2. The van der Waals surface area contributed by atoms with Crippen molar-refractivity contribution in [2.75, 3.05) is 14.2 Å². The first-order valence-corrected chi connectivity index (χ1v) is 7.62. The Hall–Kier alpha value is -2.00. The Morgan fingerprint density at radius 3 is 2.41 bits per heavy atom. The predicted molar refractivity (Wildman–Crippen MR) is 73.9 cm³/mol. The number of hydrogen-bond acceptors (Lipinski definition) is 6. The summed E-state index contributed by atoms with van der Waals surface area (Å²) in [5, 5.41) is 0. The van der Waals surface area contributed by atoms with E-state index in [0.29, 0.717) is 5.56 Å². The van der Waals surface area contributed by atoms with Crippen LogP contribution in [0.2, 0.25) is 0 Å². The minimum absolute atomic E-state index is 0.538. The summed E-state index contributed by atoms with van der Waals surface area (Å²) in [6, 6.07) is 2.01. The van der Waals surface area contributed by atoms with E-state index in [2.05, 4.69) is 9.47 Å². The van der Waals surface area contributed by atoms with Crippen molar-refractivity contribution in [3.63, 3.8) is 0 Å². The Kier molecular flexibility index (Phi) is 6.01. The van der Waals surface area contributed by atoms with Crippen LogP contribution in [0.5, 0.6) is 0 Å². The van der Waals surface area contributed by atoms with E-state index in [1.807, 2.05) is 4.72 Å². The Morgan fingerprint density at radius 1 is 1.27 bits per heavy atom. The van der Waals surface area contributed by atoms with Crippen LogP contribution in [0.3, 0.4) is 0 Å². The van der Waals surface area contributed by atoms with E-state index in [0.717, 1.165) is 26.4 Å². The van der Waals surface area contributed by atoms with Crippen molar-refractivity contribution in [3.05, 3.63) is 29.6 Å². The number of carbonyl (C=O) groups is 2. The summed E-state index contributed by atoms with van der Waals surface area (Å²) in [5.74, 6) is -2.77. The number of sulfonamides is 1. The van der Waals surface area contributed by atoms with Gasteiger partial charge in [-0.1, -0.05) is 6.07 Å². The van der Waals surface area contributed by atoms with Crippen molar-refractivity contribution in [3.8, 4) is 0 Å². The van der Waals surface area contributed by atoms with Crippen molar-refractivity contribution in [1.82, 2.24) is 4.72 Å². The van der Waals surface area contributed by atoms with E-state index < -0.39 is 45.1 Å². The molecule has 1 aromatic carbocycles. The molecule has 1 atom stereocenters. The predicted octanol–water partition coefficient (Wildman–Crippen LogP) is 0.517. The molecular weight excluding hydrogens is 317 g/mol. The molecule has 0 radical (unpaired) electrons. The van der Waals surface area contributed by atoms with Crippen LogP contribution in [0.15, 0.2) is 23.1 Å². The van der Waals surface area contributed by atoms with Gasteiger partial charge in [0, 0.05) is 0 Å². The smallest absolute Gasteiger partial charge is 0.324 e. The normalized spacial score (nSPS) is 12.5. The Morgan fingerprint density at radius 2 is 1.91 bits per heavy atom. The average molecular weight is 333 g/mol. The largest absolute Gasteiger partial charge is 0.469 e. The van der Waals surface area contributed by atoms with Crippen LogP contribution in [0, 0.1) is 12.7 Å². The Balaban J connectivity index is 3.09. The van der Waals surface area contributed by atoms with Gasteiger partial charge in [0.05, 0.1) is 20.6 Å². The number of rotatable bonds is 6. The van der Waals surface area contributed by atoms with Gasteiger partial charge in [0.1, 0.15) is 16.8 Å². The van der Waals surface area contributed by atoms with Crippen LogP contribution in [-0.4, -0.2) is 40.6 Å². The first kappa shape index (κ1) is 18.1. The molecule has 0 spiro atoms. The van der Waals surface area contributed by atoms with Gasteiger partial charge in [0.15, 0.2) is 0 Å².